The van der Waals surface area contributed by atoms with Gasteiger partial charge in [0.05, 0.1) is 15.5 Å². The molecule has 0 saturated heterocycles. The summed E-state index contributed by atoms with van der Waals surface area (Å²) in [6.45, 7) is 4.18. The maximum atomic E-state index is 13.2. The Bertz CT molecular complexity index is 993. The topological polar surface area (TPSA) is 91.3 Å². The van der Waals surface area contributed by atoms with Crippen molar-refractivity contribution in [1.82, 2.24) is 9.71 Å². The molecule has 6 nitrogen and oxygen atoms in total. The zero-order valence-electron chi connectivity index (χ0n) is 19.6. The van der Waals surface area contributed by atoms with Crippen LogP contribution in [0.25, 0.3) is 10.4 Å². The summed E-state index contributed by atoms with van der Waals surface area (Å²) in [6.07, 6.45) is 9.16. The van der Waals surface area contributed by atoms with Crippen LogP contribution in [0.15, 0.2) is 23.1 Å². The van der Waals surface area contributed by atoms with Crippen molar-refractivity contribution in [2.75, 3.05) is 11.9 Å². The molecule has 180 valence electrons. The van der Waals surface area contributed by atoms with E-state index in [-0.39, 0.29) is 18.6 Å². The lowest BCUT2D eigenvalue weighted by molar-refractivity contribution is -0.117. The van der Waals surface area contributed by atoms with E-state index in [0.717, 1.165) is 65.1 Å². The van der Waals surface area contributed by atoms with Crippen LogP contribution in [0.1, 0.15) is 69.0 Å². The highest BCUT2D eigenvalue weighted by Crippen LogP contribution is 2.35. The summed E-state index contributed by atoms with van der Waals surface area (Å²) in [4.78, 5) is 18.8. The van der Waals surface area contributed by atoms with Gasteiger partial charge >= 0.3 is 0 Å². The molecule has 8 heteroatoms. The van der Waals surface area contributed by atoms with Crippen molar-refractivity contribution in [3.05, 3.63) is 29.5 Å². The molecule has 0 radical (unpaired) electrons. The van der Waals surface area contributed by atoms with E-state index in [9.17, 15) is 14.1 Å². The SMILES string of the molecule is Cc1ccc(-c2sc(NC(=O)CC3CCCC3)nc2C)cc1S(=O)NC1CCC(CO)CC1. The zero-order valence-corrected chi connectivity index (χ0v) is 21.2. The van der Waals surface area contributed by atoms with Gasteiger partial charge in [-0.1, -0.05) is 36.3 Å². The van der Waals surface area contributed by atoms with Gasteiger partial charge in [-0.25, -0.2) is 13.9 Å². The summed E-state index contributed by atoms with van der Waals surface area (Å²) in [6, 6.07) is 6.24. The number of carbonyl (C=O) groups excluding carboxylic acids is 1. The van der Waals surface area contributed by atoms with E-state index < -0.39 is 11.0 Å². The molecular formula is C25H35N3O3S2. The van der Waals surface area contributed by atoms with Crippen molar-refractivity contribution in [3.8, 4) is 10.4 Å². The molecule has 1 amide bonds. The number of amides is 1. The summed E-state index contributed by atoms with van der Waals surface area (Å²) < 4.78 is 16.5. The second kappa shape index (κ2) is 11.2. The lowest BCUT2D eigenvalue weighted by Crippen LogP contribution is -2.35. The number of aliphatic hydroxyl groups is 1. The molecule has 0 bridgehead atoms. The van der Waals surface area contributed by atoms with Crippen LogP contribution in [0.3, 0.4) is 0 Å². The van der Waals surface area contributed by atoms with Crippen molar-refractivity contribution in [3.63, 3.8) is 0 Å². The van der Waals surface area contributed by atoms with Gasteiger partial charge in [-0.2, -0.15) is 0 Å². The highest BCUT2D eigenvalue weighted by molar-refractivity contribution is 7.83. The molecule has 2 aliphatic rings. The molecule has 2 saturated carbocycles. The van der Waals surface area contributed by atoms with Crippen LogP contribution < -0.4 is 10.0 Å². The molecular weight excluding hydrogens is 454 g/mol. The molecule has 2 aromatic rings. The van der Waals surface area contributed by atoms with Crippen LogP contribution in [-0.2, 0) is 15.8 Å². The minimum atomic E-state index is -1.30. The number of hydrogen-bond donors (Lipinski definition) is 3. The van der Waals surface area contributed by atoms with Gasteiger partial charge in [0, 0.05) is 19.1 Å². The van der Waals surface area contributed by atoms with Crippen LogP contribution >= 0.6 is 11.3 Å². The lowest BCUT2D eigenvalue weighted by atomic mass is 9.87. The molecule has 2 aliphatic carbocycles. The second-order valence-corrected chi connectivity index (χ2v) is 11.8. The maximum Gasteiger partial charge on any atom is 0.226 e. The fourth-order valence-corrected chi connectivity index (χ4v) is 7.22. The van der Waals surface area contributed by atoms with Crippen molar-refractivity contribution in [1.29, 1.82) is 0 Å². The highest BCUT2D eigenvalue weighted by atomic mass is 32.2. The molecule has 1 unspecified atom stereocenters. The van der Waals surface area contributed by atoms with E-state index >= 15 is 0 Å². The Morgan fingerprint density at radius 2 is 1.85 bits per heavy atom. The van der Waals surface area contributed by atoms with Crippen LogP contribution in [0.4, 0.5) is 5.13 Å². The number of rotatable bonds is 8. The summed E-state index contributed by atoms with van der Waals surface area (Å²) in [5.74, 6) is 0.933. The molecule has 3 N–H and O–H groups in total. The molecule has 2 fully saturated rings. The maximum absolute atomic E-state index is 13.2. The smallest absolute Gasteiger partial charge is 0.226 e. The summed E-state index contributed by atoms with van der Waals surface area (Å²) in [7, 11) is -1.30. The van der Waals surface area contributed by atoms with Gasteiger partial charge in [0.25, 0.3) is 0 Å². The molecule has 1 atom stereocenters. The molecule has 1 aromatic carbocycles. The van der Waals surface area contributed by atoms with Gasteiger partial charge in [0.2, 0.25) is 5.91 Å². The van der Waals surface area contributed by atoms with Gasteiger partial charge < -0.3 is 10.4 Å². The van der Waals surface area contributed by atoms with Crippen LogP contribution in [0.5, 0.6) is 0 Å². The monoisotopic (exact) mass is 489 g/mol. The lowest BCUT2D eigenvalue weighted by Gasteiger charge is -2.27. The summed E-state index contributed by atoms with van der Waals surface area (Å²) >= 11 is 1.48. The zero-order chi connectivity index (χ0) is 23.4. The minimum absolute atomic E-state index is 0.0491. The largest absolute Gasteiger partial charge is 0.396 e. The number of carbonyl (C=O) groups is 1. The van der Waals surface area contributed by atoms with Crippen molar-refractivity contribution in [2.24, 2.45) is 11.8 Å². The average molecular weight is 490 g/mol. The third-order valence-corrected chi connectivity index (χ3v) is 9.53. The van der Waals surface area contributed by atoms with Crippen LogP contribution in [-0.4, -0.2) is 32.9 Å². The minimum Gasteiger partial charge on any atom is -0.396 e. The predicted octanol–water partition coefficient (Wildman–Crippen LogP) is 5.11. The Kier molecular flexibility index (Phi) is 8.33. The van der Waals surface area contributed by atoms with E-state index in [1.165, 1.54) is 24.2 Å². The van der Waals surface area contributed by atoms with Gasteiger partial charge in [0.15, 0.2) is 5.13 Å². The Morgan fingerprint density at radius 3 is 2.55 bits per heavy atom. The Hall–Kier alpha value is -1.61. The standard InChI is InChI=1S/C25H35N3O3S2/c1-16-7-10-20(14-22(16)33(31)28-21-11-8-19(15-29)9-12-21)24-17(2)26-25(32-24)27-23(30)13-18-5-3-4-6-18/h7,10,14,18-19,21,28-29H,3-6,8-9,11-13,15H2,1-2H3,(H,26,27,30). The number of aromatic nitrogens is 1. The number of aryl methyl sites for hydroxylation is 2. The van der Waals surface area contributed by atoms with E-state index in [1.807, 2.05) is 32.0 Å². The van der Waals surface area contributed by atoms with Gasteiger partial charge in [-0.3, -0.25) is 4.79 Å². The fourth-order valence-electron chi connectivity index (χ4n) is 4.98. The molecule has 0 spiro atoms. The molecule has 33 heavy (non-hydrogen) atoms. The number of thiazole rings is 1. The summed E-state index contributed by atoms with van der Waals surface area (Å²) in [5.41, 5.74) is 2.83. The molecule has 4 rings (SSSR count). The van der Waals surface area contributed by atoms with E-state index in [0.29, 0.717) is 23.4 Å². The van der Waals surface area contributed by atoms with E-state index in [4.69, 9.17) is 0 Å². The fraction of sp³-hybridized carbons (Fsp3) is 0.600. The average Bonchev–Trinajstić information content (AvgIpc) is 3.44. The van der Waals surface area contributed by atoms with Crippen LogP contribution in [0, 0.1) is 25.7 Å². The third-order valence-electron chi connectivity index (χ3n) is 7.02. The Morgan fingerprint density at radius 1 is 1.12 bits per heavy atom. The van der Waals surface area contributed by atoms with Crippen molar-refractivity contribution >= 4 is 33.4 Å². The second-order valence-electron chi connectivity index (χ2n) is 9.60. The van der Waals surface area contributed by atoms with E-state index in [2.05, 4.69) is 15.0 Å². The predicted molar refractivity (Wildman–Crippen MR) is 135 cm³/mol. The van der Waals surface area contributed by atoms with Crippen molar-refractivity contribution in [2.45, 2.75) is 82.6 Å². The van der Waals surface area contributed by atoms with E-state index in [1.54, 1.807) is 0 Å². The van der Waals surface area contributed by atoms with Crippen LogP contribution in [0.2, 0.25) is 0 Å². The first kappa shape index (κ1) is 24.5. The number of hydrogen-bond acceptors (Lipinski definition) is 5. The van der Waals surface area contributed by atoms with Crippen molar-refractivity contribution < 1.29 is 14.1 Å². The highest BCUT2D eigenvalue weighted by Gasteiger charge is 2.23. The third kappa shape index (κ3) is 6.29. The van der Waals surface area contributed by atoms with Gasteiger partial charge in [-0.15, -0.1) is 0 Å². The molecule has 0 aliphatic heterocycles. The van der Waals surface area contributed by atoms with Gasteiger partial charge in [0.1, 0.15) is 11.0 Å². The Labute approximate surface area is 203 Å². The molecule has 1 aromatic heterocycles. The summed E-state index contributed by atoms with van der Waals surface area (Å²) in [5, 5.41) is 13.0. The van der Waals surface area contributed by atoms with Gasteiger partial charge in [-0.05, 0) is 81.4 Å². The first-order valence-electron chi connectivity index (χ1n) is 12.1. The number of benzene rings is 1. The Balaban J connectivity index is 1.43. The number of nitrogens with one attached hydrogen (secondary N) is 2. The number of nitrogens with zero attached hydrogens (tertiary/aromatic N) is 1. The first-order chi connectivity index (χ1) is 15.9. The number of anilines is 1. The number of aliphatic hydroxyl groups excluding tert-OH is 1. The quantitative estimate of drug-likeness (QED) is 0.481. The first-order valence-corrected chi connectivity index (χ1v) is 14.1. The normalized spacial score (nSPS) is 22.4. The molecule has 1 heterocycles.